The third-order valence-corrected chi connectivity index (χ3v) is 2.19. The Balaban J connectivity index is 0.000000581. The molecule has 0 amide bonds. The molecule has 1 saturated heterocycles. The van der Waals surface area contributed by atoms with Gasteiger partial charge in [-0.25, -0.2) is 0 Å². The Labute approximate surface area is 106 Å². The first-order chi connectivity index (χ1) is 8.45. The van der Waals surface area contributed by atoms with Gasteiger partial charge in [0, 0.05) is 12.7 Å². The van der Waals surface area contributed by atoms with Crippen LogP contribution in [0.2, 0.25) is 0 Å². The molecule has 1 unspecified atom stereocenters. The predicted molar refractivity (Wildman–Crippen MR) is 73.5 cm³/mol. The molecule has 1 aliphatic rings. The van der Waals surface area contributed by atoms with Crippen LogP contribution in [0.3, 0.4) is 0 Å². The van der Waals surface area contributed by atoms with Crippen molar-refractivity contribution in [1.29, 1.82) is 0 Å². The van der Waals surface area contributed by atoms with Gasteiger partial charge in [0.15, 0.2) is 0 Å². The van der Waals surface area contributed by atoms with E-state index in [4.69, 9.17) is 4.74 Å². The van der Waals surface area contributed by atoms with Crippen molar-refractivity contribution in [2.75, 3.05) is 13.1 Å². The summed E-state index contributed by atoms with van der Waals surface area (Å²) in [6.45, 7) is 10.1. The average Bonchev–Trinajstić information content (AvgIpc) is 2.45. The van der Waals surface area contributed by atoms with Crippen LogP contribution in [0, 0.1) is 0 Å². The minimum absolute atomic E-state index is 0.318. The monoisotopic (exact) mass is 238 g/mol. The molecule has 1 aromatic rings. The van der Waals surface area contributed by atoms with E-state index in [0.717, 1.165) is 25.3 Å². The first-order valence-electron chi connectivity index (χ1n) is 6.72. The van der Waals surface area contributed by atoms with Crippen molar-refractivity contribution in [3.8, 4) is 5.75 Å². The van der Waals surface area contributed by atoms with Gasteiger partial charge in [0.05, 0.1) is 6.20 Å². The third kappa shape index (κ3) is 6.95. The summed E-state index contributed by atoms with van der Waals surface area (Å²) in [5.41, 5.74) is 0. The molecule has 0 aromatic carbocycles. The van der Waals surface area contributed by atoms with Crippen LogP contribution in [0.1, 0.15) is 40.5 Å². The number of aromatic nitrogens is 1. The molecule has 1 aliphatic heterocycles. The summed E-state index contributed by atoms with van der Waals surface area (Å²) in [5.74, 6) is 0.871. The predicted octanol–water partition coefficient (Wildman–Crippen LogP) is 3.26. The Hall–Kier alpha value is -1.09. The van der Waals surface area contributed by atoms with Crippen molar-refractivity contribution in [1.82, 2.24) is 10.3 Å². The van der Waals surface area contributed by atoms with E-state index < -0.39 is 0 Å². The number of hydrogen-bond acceptors (Lipinski definition) is 3. The molecule has 1 atom stereocenters. The molecule has 1 fully saturated rings. The molecule has 3 heteroatoms. The highest BCUT2D eigenvalue weighted by molar-refractivity contribution is 5.15. The number of nitrogens with one attached hydrogen (secondary N) is 1. The number of nitrogens with zero attached hydrogens (tertiary/aromatic N) is 1. The van der Waals surface area contributed by atoms with Crippen molar-refractivity contribution in [2.45, 2.75) is 46.6 Å². The summed E-state index contributed by atoms with van der Waals surface area (Å²) in [6.07, 6.45) is 6.17. The van der Waals surface area contributed by atoms with Gasteiger partial charge in [-0.2, -0.15) is 0 Å². The van der Waals surface area contributed by atoms with Gasteiger partial charge < -0.3 is 10.1 Å². The molecule has 98 valence electrons. The fraction of sp³-hybridized carbons (Fsp3) is 0.643. The van der Waals surface area contributed by atoms with E-state index in [1.54, 1.807) is 12.4 Å². The lowest BCUT2D eigenvalue weighted by molar-refractivity contribution is 0.166. The Kier molecular flexibility index (Phi) is 10.7. The smallest absolute Gasteiger partial charge is 0.138 e. The Morgan fingerprint density at radius 3 is 2.59 bits per heavy atom. The van der Waals surface area contributed by atoms with Gasteiger partial charge in [-0.15, -0.1) is 0 Å². The van der Waals surface area contributed by atoms with Crippen LogP contribution in [0.15, 0.2) is 24.5 Å². The maximum Gasteiger partial charge on any atom is 0.138 e. The first kappa shape index (κ1) is 15.9. The van der Waals surface area contributed by atoms with E-state index in [1.165, 1.54) is 6.42 Å². The second kappa shape index (κ2) is 11.4. The first-order valence-corrected chi connectivity index (χ1v) is 6.72. The van der Waals surface area contributed by atoms with Crippen LogP contribution in [0.4, 0.5) is 0 Å². The molecule has 0 bridgehead atoms. The molecule has 0 aliphatic carbocycles. The zero-order valence-electron chi connectivity index (χ0n) is 11.6. The van der Waals surface area contributed by atoms with Crippen molar-refractivity contribution in [3.63, 3.8) is 0 Å². The quantitative estimate of drug-likeness (QED) is 0.858. The lowest BCUT2D eigenvalue weighted by atomic mass is 10.1. The summed E-state index contributed by atoms with van der Waals surface area (Å²) in [5, 5.41) is 3.31. The highest BCUT2D eigenvalue weighted by atomic mass is 16.5. The van der Waals surface area contributed by atoms with Gasteiger partial charge in [0.25, 0.3) is 0 Å². The summed E-state index contributed by atoms with van der Waals surface area (Å²) in [6, 6.07) is 3.84. The number of rotatable bonds is 2. The Morgan fingerprint density at radius 2 is 2.06 bits per heavy atom. The fourth-order valence-electron chi connectivity index (χ4n) is 1.53. The average molecular weight is 238 g/mol. The van der Waals surface area contributed by atoms with Crippen molar-refractivity contribution < 1.29 is 4.74 Å². The second-order valence-corrected chi connectivity index (χ2v) is 3.27. The molecule has 0 spiro atoms. The Morgan fingerprint density at radius 1 is 1.29 bits per heavy atom. The van der Waals surface area contributed by atoms with E-state index in [-0.39, 0.29) is 0 Å². The van der Waals surface area contributed by atoms with E-state index in [2.05, 4.69) is 10.3 Å². The molecule has 3 nitrogen and oxygen atoms in total. The topological polar surface area (TPSA) is 34.1 Å². The second-order valence-electron chi connectivity index (χ2n) is 3.27. The minimum Gasteiger partial charge on any atom is -0.487 e. The molecule has 1 N–H and O–H groups in total. The van der Waals surface area contributed by atoms with Gasteiger partial charge in [-0.1, -0.05) is 27.7 Å². The van der Waals surface area contributed by atoms with Gasteiger partial charge in [0.1, 0.15) is 11.9 Å². The number of ether oxygens (including phenoxy) is 1. The minimum atomic E-state index is 0.318. The standard InChI is InChI=1S/C10H14N2O.2C2H6/c1-3-9(7-11-5-1)13-10-4-2-6-12-8-10;2*1-2/h1,3,5,7,10,12H,2,4,6,8H2;2*1-2H3. The van der Waals surface area contributed by atoms with Gasteiger partial charge in [0.2, 0.25) is 0 Å². The molecule has 2 rings (SSSR count). The van der Waals surface area contributed by atoms with Crippen LogP contribution in [-0.4, -0.2) is 24.2 Å². The van der Waals surface area contributed by atoms with E-state index in [1.807, 2.05) is 39.8 Å². The highest BCUT2D eigenvalue weighted by Crippen LogP contribution is 2.13. The maximum atomic E-state index is 5.73. The van der Waals surface area contributed by atoms with Crippen LogP contribution < -0.4 is 10.1 Å². The van der Waals surface area contributed by atoms with E-state index in [0.29, 0.717) is 6.10 Å². The van der Waals surface area contributed by atoms with E-state index >= 15 is 0 Å². The molecular weight excluding hydrogens is 212 g/mol. The summed E-state index contributed by atoms with van der Waals surface area (Å²) in [4.78, 5) is 4.00. The molecule has 2 heterocycles. The zero-order chi connectivity index (χ0) is 12.9. The van der Waals surface area contributed by atoms with Crippen LogP contribution in [-0.2, 0) is 0 Å². The maximum absolute atomic E-state index is 5.73. The molecular formula is C14H26N2O. The number of pyridine rings is 1. The van der Waals surface area contributed by atoms with E-state index in [9.17, 15) is 0 Å². The zero-order valence-corrected chi connectivity index (χ0v) is 11.6. The van der Waals surface area contributed by atoms with Crippen molar-refractivity contribution >= 4 is 0 Å². The molecule has 17 heavy (non-hydrogen) atoms. The largest absolute Gasteiger partial charge is 0.487 e. The lowest BCUT2D eigenvalue weighted by Crippen LogP contribution is -2.37. The summed E-state index contributed by atoms with van der Waals surface area (Å²) < 4.78 is 5.73. The fourth-order valence-corrected chi connectivity index (χ4v) is 1.53. The van der Waals surface area contributed by atoms with Crippen molar-refractivity contribution in [3.05, 3.63) is 24.5 Å². The lowest BCUT2D eigenvalue weighted by Gasteiger charge is -2.23. The van der Waals surface area contributed by atoms with Crippen LogP contribution >= 0.6 is 0 Å². The van der Waals surface area contributed by atoms with Crippen molar-refractivity contribution in [2.24, 2.45) is 0 Å². The van der Waals surface area contributed by atoms with Gasteiger partial charge >= 0.3 is 0 Å². The number of piperidine rings is 1. The van der Waals surface area contributed by atoms with Gasteiger partial charge in [-0.3, -0.25) is 4.98 Å². The highest BCUT2D eigenvalue weighted by Gasteiger charge is 2.13. The molecule has 1 aromatic heterocycles. The third-order valence-electron chi connectivity index (χ3n) is 2.19. The van der Waals surface area contributed by atoms with Gasteiger partial charge in [-0.05, 0) is 31.5 Å². The Bertz CT molecular complexity index is 246. The molecule has 0 radical (unpaired) electrons. The summed E-state index contributed by atoms with van der Waals surface area (Å²) >= 11 is 0. The number of hydrogen-bond donors (Lipinski definition) is 1. The van der Waals surface area contributed by atoms with Crippen LogP contribution in [0.5, 0.6) is 5.75 Å². The SMILES string of the molecule is CC.CC.c1cncc(OC2CCCNC2)c1. The normalized spacial score (nSPS) is 18.0. The summed E-state index contributed by atoms with van der Waals surface area (Å²) in [7, 11) is 0. The van der Waals surface area contributed by atoms with Crippen LogP contribution in [0.25, 0.3) is 0 Å². The molecule has 0 saturated carbocycles.